The molecule has 0 aromatic heterocycles. The van der Waals surface area contributed by atoms with Crippen molar-refractivity contribution in [2.45, 2.75) is 24.7 Å². The molecule has 0 saturated carbocycles. The molecule has 2 rings (SSSR count). The van der Waals surface area contributed by atoms with Gasteiger partial charge in [-0.15, -0.1) is 0 Å². The molecule has 8 heteroatoms. The first-order valence-corrected chi connectivity index (χ1v) is 7.06. The zero-order valence-electron chi connectivity index (χ0n) is 12.5. The van der Waals surface area contributed by atoms with Crippen LogP contribution in [0.2, 0.25) is 0 Å². The van der Waals surface area contributed by atoms with Crippen LogP contribution >= 0.6 is 0 Å². The molecule has 2 atom stereocenters. The maximum absolute atomic E-state index is 12.8. The Morgan fingerprint density at radius 2 is 2.04 bits per heavy atom. The van der Waals surface area contributed by atoms with E-state index in [1.54, 1.807) is 0 Å². The number of rotatable bonds is 4. The van der Waals surface area contributed by atoms with Gasteiger partial charge in [0, 0.05) is 0 Å². The molecule has 0 radical (unpaired) electrons. The highest BCUT2D eigenvalue weighted by molar-refractivity contribution is 5.82. The number of aliphatic hydroxyl groups is 1. The molecule has 1 saturated heterocycles. The van der Waals surface area contributed by atoms with E-state index in [1.807, 2.05) is 0 Å². The molecule has 5 nitrogen and oxygen atoms in total. The van der Waals surface area contributed by atoms with Crippen molar-refractivity contribution in [1.29, 1.82) is 0 Å². The first-order valence-electron chi connectivity index (χ1n) is 7.06. The smallest absolute Gasteiger partial charge is 0.394 e. The lowest BCUT2D eigenvalue weighted by molar-refractivity contribution is -0.149. The Balaban J connectivity index is 2.21. The molecule has 1 aromatic rings. The maximum Gasteiger partial charge on any atom is 0.416 e. The lowest BCUT2D eigenvalue weighted by Gasteiger charge is -2.32. The van der Waals surface area contributed by atoms with Crippen molar-refractivity contribution in [3.05, 3.63) is 35.4 Å². The minimum Gasteiger partial charge on any atom is -0.394 e. The Kier molecular flexibility index (Phi) is 5.28. The molecule has 1 fully saturated rings. The number of nitrogens with one attached hydrogen (secondary N) is 1. The highest BCUT2D eigenvalue weighted by Crippen LogP contribution is 2.32. The van der Waals surface area contributed by atoms with Crippen molar-refractivity contribution in [2.75, 3.05) is 26.4 Å². The highest BCUT2D eigenvalue weighted by Gasteiger charge is 2.35. The maximum atomic E-state index is 12.8. The summed E-state index contributed by atoms with van der Waals surface area (Å²) in [5.41, 5.74) is -2.06. The van der Waals surface area contributed by atoms with E-state index in [4.69, 9.17) is 9.47 Å². The van der Waals surface area contributed by atoms with Gasteiger partial charge in [-0.3, -0.25) is 4.79 Å². The van der Waals surface area contributed by atoms with Crippen LogP contribution in [0.1, 0.15) is 18.1 Å². The quantitative estimate of drug-likeness (QED) is 0.875. The van der Waals surface area contributed by atoms with Crippen molar-refractivity contribution in [1.82, 2.24) is 5.32 Å². The highest BCUT2D eigenvalue weighted by atomic mass is 19.4. The van der Waals surface area contributed by atoms with Gasteiger partial charge >= 0.3 is 6.18 Å². The molecule has 1 aromatic carbocycles. The second-order valence-corrected chi connectivity index (χ2v) is 5.49. The third-order valence-corrected chi connectivity index (χ3v) is 3.65. The lowest BCUT2D eigenvalue weighted by Crippen LogP contribution is -2.52. The third-order valence-electron chi connectivity index (χ3n) is 3.65. The standard InChI is InChI=1S/C15H18F3NO4/c1-14(9-20,19-13(21)12-8-22-5-6-23-12)10-3-2-4-11(7-10)15(16,17)18/h2-4,7,12,20H,5-6,8-9H2,1H3,(H,19,21). The number of ether oxygens (including phenoxy) is 2. The fourth-order valence-corrected chi connectivity index (χ4v) is 2.23. The Morgan fingerprint density at radius 3 is 2.61 bits per heavy atom. The molecule has 23 heavy (non-hydrogen) atoms. The van der Waals surface area contributed by atoms with Crippen molar-refractivity contribution in [3.8, 4) is 0 Å². The summed E-state index contributed by atoms with van der Waals surface area (Å²) in [5.74, 6) is -0.543. The van der Waals surface area contributed by atoms with Crippen LogP contribution in [-0.4, -0.2) is 43.5 Å². The summed E-state index contributed by atoms with van der Waals surface area (Å²) in [7, 11) is 0. The molecule has 1 amide bonds. The summed E-state index contributed by atoms with van der Waals surface area (Å²) in [6, 6.07) is 4.50. The van der Waals surface area contributed by atoms with Gasteiger partial charge in [0.1, 0.15) is 0 Å². The fourth-order valence-electron chi connectivity index (χ4n) is 2.23. The molecule has 2 N–H and O–H groups in total. The van der Waals surface area contributed by atoms with Crippen LogP contribution in [0.3, 0.4) is 0 Å². The molecule has 2 unspecified atom stereocenters. The van der Waals surface area contributed by atoms with Gasteiger partial charge in [0.2, 0.25) is 0 Å². The number of aliphatic hydroxyl groups excluding tert-OH is 1. The summed E-state index contributed by atoms with van der Waals surface area (Å²) >= 11 is 0. The molecule has 1 aliphatic heterocycles. The number of amides is 1. The van der Waals surface area contributed by atoms with E-state index in [9.17, 15) is 23.1 Å². The number of carbonyl (C=O) groups is 1. The van der Waals surface area contributed by atoms with E-state index in [1.165, 1.54) is 19.1 Å². The largest absolute Gasteiger partial charge is 0.416 e. The molecular weight excluding hydrogens is 315 g/mol. The van der Waals surface area contributed by atoms with Crippen molar-refractivity contribution in [3.63, 3.8) is 0 Å². The SMILES string of the molecule is CC(CO)(NC(=O)C1COCCO1)c1cccc(C(F)(F)F)c1. The molecule has 0 spiro atoms. The average Bonchev–Trinajstić information content (AvgIpc) is 2.55. The Bertz CT molecular complexity index is 558. The monoisotopic (exact) mass is 333 g/mol. The van der Waals surface area contributed by atoms with Crippen LogP contribution in [0.4, 0.5) is 13.2 Å². The predicted octanol–water partition coefficient (Wildman–Crippen LogP) is 1.44. The zero-order chi connectivity index (χ0) is 17.1. The summed E-state index contributed by atoms with van der Waals surface area (Å²) in [5, 5.41) is 12.2. The Labute approximate surface area is 131 Å². The Hall–Kier alpha value is -1.64. The molecular formula is C15H18F3NO4. The number of hydrogen-bond donors (Lipinski definition) is 2. The van der Waals surface area contributed by atoms with E-state index >= 15 is 0 Å². The first kappa shape index (κ1) is 17.7. The Morgan fingerprint density at radius 1 is 1.35 bits per heavy atom. The van der Waals surface area contributed by atoms with Gasteiger partial charge in [0.25, 0.3) is 5.91 Å². The second kappa shape index (κ2) is 6.86. The second-order valence-electron chi connectivity index (χ2n) is 5.49. The topological polar surface area (TPSA) is 67.8 Å². The van der Waals surface area contributed by atoms with Gasteiger partial charge < -0.3 is 19.9 Å². The van der Waals surface area contributed by atoms with Crippen LogP contribution in [0.25, 0.3) is 0 Å². The molecule has 128 valence electrons. The number of alkyl halides is 3. The van der Waals surface area contributed by atoms with Gasteiger partial charge in [-0.05, 0) is 24.6 Å². The normalized spacial score (nSPS) is 21.5. The fraction of sp³-hybridized carbons (Fsp3) is 0.533. The minimum atomic E-state index is -4.50. The molecule has 0 aliphatic carbocycles. The van der Waals surface area contributed by atoms with Gasteiger partial charge in [-0.2, -0.15) is 13.2 Å². The van der Waals surface area contributed by atoms with E-state index in [0.29, 0.717) is 6.61 Å². The summed E-state index contributed by atoms with van der Waals surface area (Å²) in [4.78, 5) is 12.2. The average molecular weight is 333 g/mol. The van der Waals surface area contributed by atoms with Crippen molar-refractivity contribution in [2.24, 2.45) is 0 Å². The minimum absolute atomic E-state index is 0.0654. The lowest BCUT2D eigenvalue weighted by atomic mass is 9.91. The van der Waals surface area contributed by atoms with E-state index in [-0.39, 0.29) is 18.8 Å². The van der Waals surface area contributed by atoms with Crippen LogP contribution in [0.5, 0.6) is 0 Å². The first-order chi connectivity index (χ1) is 10.8. The van der Waals surface area contributed by atoms with Gasteiger partial charge in [0.05, 0.1) is 37.5 Å². The van der Waals surface area contributed by atoms with Crippen LogP contribution in [0.15, 0.2) is 24.3 Å². The van der Waals surface area contributed by atoms with E-state index < -0.39 is 35.9 Å². The molecule has 1 heterocycles. The van der Waals surface area contributed by atoms with Gasteiger partial charge in [0.15, 0.2) is 6.10 Å². The number of halogens is 3. The summed E-state index contributed by atoms with van der Waals surface area (Å²) in [6.07, 6.45) is -5.35. The third kappa shape index (κ3) is 4.21. The van der Waals surface area contributed by atoms with Crippen molar-refractivity contribution < 1.29 is 32.5 Å². The summed E-state index contributed by atoms with van der Waals surface area (Å²) < 4.78 is 48.8. The predicted molar refractivity (Wildman–Crippen MR) is 74.6 cm³/mol. The zero-order valence-corrected chi connectivity index (χ0v) is 12.5. The van der Waals surface area contributed by atoms with Gasteiger partial charge in [-0.1, -0.05) is 12.1 Å². The molecule has 0 bridgehead atoms. The van der Waals surface area contributed by atoms with Crippen LogP contribution in [-0.2, 0) is 26.0 Å². The number of benzene rings is 1. The summed E-state index contributed by atoms with van der Waals surface area (Å²) in [6.45, 7) is 1.60. The van der Waals surface area contributed by atoms with Crippen molar-refractivity contribution >= 4 is 5.91 Å². The number of hydrogen-bond acceptors (Lipinski definition) is 4. The van der Waals surface area contributed by atoms with E-state index in [2.05, 4.69) is 5.32 Å². The molecule has 1 aliphatic rings. The van der Waals surface area contributed by atoms with E-state index in [0.717, 1.165) is 12.1 Å². The van der Waals surface area contributed by atoms with Crippen LogP contribution in [0, 0.1) is 0 Å². The number of carbonyl (C=O) groups excluding carboxylic acids is 1. The van der Waals surface area contributed by atoms with Gasteiger partial charge in [-0.25, -0.2) is 0 Å². The van der Waals surface area contributed by atoms with Crippen LogP contribution < -0.4 is 5.32 Å².